The fourth-order valence-corrected chi connectivity index (χ4v) is 2.52. The third-order valence-corrected chi connectivity index (χ3v) is 3.70. The first kappa shape index (κ1) is 12.1. The number of carbonyl (C=O) groups is 1. The summed E-state index contributed by atoms with van der Waals surface area (Å²) in [6.45, 7) is 0.403. The van der Waals surface area contributed by atoms with Gasteiger partial charge in [-0.25, -0.2) is 0 Å². The molecule has 1 aromatic heterocycles. The molecule has 0 unspecified atom stereocenters. The lowest BCUT2D eigenvalue weighted by Gasteiger charge is -2.04. The summed E-state index contributed by atoms with van der Waals surface area (Å²) in [5, 5.41) is 13.9. The molecule has 0 aliphatic rings. The molecule has 17 heavy (non-hydrogen) atoms. The summed E-state index contributed by atoms with van der Waals surface area (Å²) in [7, 11) is 0. The molecule has 0 bridgehead atoms. The Hall–Kier alpha value is -1.33. The maximum absolute atomic E-state index is 11.7. The van der Waals surface area contributed by atoms with Crippen LogP contribution < -0.4 is 5.32 Å². The van der Waals surface area contributed by atoms with E-state index in [1.54, 1.807) is 29.6 Å². The van der Waals surface area contributed by atoms with Crippen LogP contribution in [-0.2, 0) is 6.54 Å². The Balaban J connectivity index is 1.97. The van der Waals surface area contributed by atoms with E-state index in [1.807, 2.05) is 6.07 Å². The van der Waals surface area contributed by atoms with Crippen LogP contribution in [0.15, 0.2) is 39.5 Å². The molecule has 2 rings (SSSR count). The fraction of sp³-hybridized carbons (Fsp3) is 0.0833. The lowest BCUT2D eigenvalue weighted by atomic mass is 10.2. The second kappa shape index (κ2) is 5.33. The SMILES string of the molecule is O=C(NCc1cccc(O)c1)c1csc(Br)c1. The molecule has 3 nitrogen and oxygen atoms in total. The number of hydrogen-bond donors (Lipinski definition) is 2. The van der Waals surface area contributed by atoms with Crippen molar-refractivity contribution in [2.75, 3.05) is 0 Å². The molecule has 0 spiro atoms. The van der Waals surface area contributed by atoms with Gasteiger partial charge in [-0.3, -0.25) is 4.79 Å². The maximum Gasteiger partial charge on any atom is 0.252 e. The van der Waals surface area contributed by atoms with Crippen LogP contribution in [0.3, 0.4) is 0 Å². The van der Waals surface area contributed by atoms with Crippen LogP contribution in [0.25, 0.3) is 0 Å². The van der Waals surface area contributed by atoms with Crippen LogP contribution >= 0.6 is 27.3 Å². The van der Waals surface area contributed by atoms with Crippen molar-refractivity contribution in [3.8, 4) is 5.75 Å². The van der Waals surface area contributed by atoms with Gasteiger partial charge in [0.05, 0.1) is 9.35 Å². The van der Waals surface area contributed by atoms with E-state index in [1.165, 1.54) is 11.3 Å². The highest BCUT2D eigenvalue weighted by atomic mass is 79.9. The Morgan fingerprint density at radius 1 is 1.41 bits per heavy atom. The number of thiophene rings is 1. The molecule has 1 amide bonds. The number of amides is 1. The van der Waals surface area contributed by atoms with E-state index in [0.29, 0.717) is 12.1 Å². The van der Waals surface area contributed by atoms with Crippen molar-refractivity contribution in [2.24, 2.45) is 0 Å². The van der Waals surface area contributed by atoms with Gasteiger partial charge in [-0.05, 0) is 39.7 Å². The molecule has 2 N–H and O–H groups in total. The Bertz CT molecular complexity index is 539. The molecule has 0 saturated carbocycles. The van der Waals surface area contributed by atoms with E-state index in [-0.39, 0.29) is 11.7 Å². The van der Waals surface area contributed by atoms with E-state index in [9.17, 15) is 9.90 Å². The van der Waals surface area contributed by atoms with E-state index in [0.717, 1.165) is 9.35 Å². The number of rotatable bonds is 3. The van der Waals surface area contributed by atoms with Crippen molar-refractivity contribution in [3.63, 3.8) is 0 Å². The van der Waals surface area contributed by atoms with Crippen LogP contribution in [0, 0.1) is 0 Å². The van der Waals surface area contributed by atoms with Gasteiger partial charge in [0.1, 0.15) is 5.75 Å². The highest BCUT2D eigenvalue weighted by Gasteiger charge is 2.07. The average molecular weight is 312 g/mol. The first-order valence-electron chi connectivity index (χ1n) is 4.95. The van der Waals surface area contributed by atoms with Crippen LogP contribution in [0.5, 0.6) is 5.75 Å². The van der Waals surface area contributed by atoms with Crippen LogP contribution in [0.1, 0.15) is 15.9 Å². The Kier molecular flexibility index (Phi) is 3.81. The largest absolute Gasteiger partial charge is 0.508 e. The molecule has 1 heterocycles. The third-order valence-electron chi connectivity index (χ3n) is 2.19. The zero-order valence-corrected chi connectivity index (χ0v) is 11.2. The van der Waals surface area contributed by atoms with Gasteiger partial charge >= 0.3 is 0 Å². The molecular weight excluding hydrogens is 302 g/mol. The number of benzene rings is 1. The summed E-state index contributed by atoms with van der Waals surface area (Å²) in [4.78, 5) is 11.7. The van der Waals surface area contributed by atoms with Crippen molar-refractivity contribution in [1.29, 1.82) is 0 Å². The Morgan fingerprint density at radius 2 is 2.24 bits per heavy atom. The molecule has 1 aromatic carbocycles. The van der Waals surface area contributed by atoms with Crippen LogP contribution in [0.2, 0.25) is 0 Å². The predicted molar refractivity (Wildman–Crippen MR) is 71.3 cm³/mol. The first-order valence-corrected chi connectivity index (χ1v) is 6.62. The standard InChI is InChI=1S/C12H10BrNO2S/c13-11-5-9(7-17-11)12(16)14-6-8-2-1-3-10(15)4-8/h1-5,7,15H,6H2,(H,14,16). The van der Waals surface area contributed by atoms with Gasteiger partial charge in [-0.2, -0.15) is 0 Å². The molecule has 0 radical (unpaired) electrons. The minimum Gasteiger partial charge on any atom is -0.508 e. The Morgan fingerprint density at radius 3 is 2.88 bits per heavy atom. The van der Waals surface area contributed by atoms with Crippen molar-refractivity contribution >= 4 is 33.2 Å². The number of halogens is 1. The number of phenols is 1. The molecule has 0 aliphatic carbocycles. The van der Waals surface area contributed by atoms with Crippen molar-refractivity contribution < 1.29 is 9.90 Å². The molecule has 5 heteroatoms. The minimum absolute atomic E-state index is 0.115. The summed E-state index contributed by atoms with van der Waals surface area (Å²) in [6, 6.07) is 8.61. The molecule has 0 atom stereocenters. The van der Waals surface area contributed by atoms with Crippen LogP contribution in [0.4, 0.5) is 0 Å². The fourth-order valence-electron chi connectivity index (χ4n) is 1.38. The van der Waals surface area contributed by atoms with Gasteiger partial charge in [0.15, 0.2) is 0 Å². The minimum atomic E-state index is -0.115. The summed E-state index contributed by atoms with van der Waals surface area (Å²) in [5.41, 5.74) is 1.51. The number of carbonyl (C=O) groups excluding carboxylic acids is 1. The zero-order chi connectivity index (χ0) is 12.3. The van der Waals surface area contributed by atoms with Crippen LogP contribution in [-0.4, -0.2) is 11.0 Å². The normalized spacial score (nSPS) is 10.2. The monoisotopic (exact) mass is 311 g/mol. The van der Waals surface area contributed by atoms with Crippen molar-refractivity contribution in [3.05, 3.63) is 50.6 Å². The summed E-state index contributed by atoms with van der Waals surface area (Å²) in [5.74, 6) is 0.0883. The predicted octanol–water partition coefficient (Wildman–Crippen LogP) is 3.15. The lowest BCUT2D eigenvalue weighted by Crippen LogP contribution is -2.22. The second-order valence-corrected chi connectivity index (χ2v) is 5.78. The smallest absolute Gasteiger partial charge is 0.252 e. The second-order valence-electron chi connectivity index (χ2n) is 3.49. The lowest BCUT2D eigenvalue weighted by molar-refractivity contribution is 0.0951. The van der Waals surface area contributed by atoms with Crippen molar-refractivity contribution in [1.82, 2.24) is 5.32 Å². The Labute approximate surface area is 111 Å². The summed E-state index contributed by atoms with van der Waals surface area (Å²) >= 11 is 4.78. The van der Waals surface area contributed by atoms with E-state index >= 15 is 0 Å². The zero-order valence-electron chi connectivity index (χ0n) is 8.81. The molecular formula is C12H10BrNO2S. The quantitative estimate of drug-likeness (QED) is 0.915. The van der Waals surface area contributed by atoms with Gasteiger partial charge in [0.2, 0.25) is 0 Å². The van der Waals surface area contributed by atoms with Gasteiger partial charge in [-0.1, -0.05) is 12.1 Å². The third kappa shape index (κ3) is 3.31. The van der Waals surface area contributed by atoms with Gasteiger partial charge in [0.25, 0.3) is 5.91 Å². The van der Waals surface area contributed by atoms with Gasteiger partial charge in [0, 0.05) is 11.9 Å². The number of hydrogen-bond acceptors (Lipinski definition) is 3. The molecule has 88 valence electrons. The average Bonchev–Trinajstić information content (AvgIpc) is 2.73. The van der Waals surface area contributed by atoms with Gasteiger partial charge in [-0.15, -0.1) is 11.3 Å². The van der Waals surface area contributed by atoms with Crippen molar-refractivity contribution in [2.45, 2.75) is 6.54 Å². The summed E-state index contributed by atoms with van der Waals surface area (Å²) in [6.07, 6.45) is 0. The number of nitrogens with one attached hydrogen (secondary N) is 1. The van der Waals surface area contributed by atoms with E-state index in [2.05, 4.69) is 21.2 Å². The maximum atomic E-state index is 11.7. The topological polar surface area (TPSA) is 49.3 Å². The molecule has 0 saturated heterocycles. The first-order chi connectivity index (χ1) is 8.15. The molecule has 0 aliphatic heterocycles. The molecule has 0 fully saturated rings. The number of phenolic OH excluding ortho intramolecular Hbond substituents is 1. The van der Waals surface area contributed by atoms with E-state index in [4.69, 9.17) is 0 Å². The highest BCUT2D eigenvalue weighted by molar-refractivity contribution is 9.11. The van der Waals surface area contributed by atoms with Gasteiger partial charge < -0.3 is 10.4 Å². The summed E-state index contributed by atoms with van der Waals surface area (Å²) < 4.78 is 0.931. The highest BCUT2D eigenvalue weighted by Crippen LogP contribution is 2.20. The molecule has 2 aromatic rings. The van der Waals surface area contributed by atoms with E-state index < -0.39 is 0 Å². The number of aromatic hydroxyl groups is 1.